The van der Waals surface area contributed by atoms with Gasteiger partial charge in [0.1, 0.15) is 24.7 Å². The molecular weight excluding hydrogens is 336 g/mol. The zero-order valence-corrected chi connectivity index (χ0v) is 12.9. The number of benzene rings is 1. The number of carbonyl (C=O) groups is 1. The molecule has 1 aliphatic carbocycles. The van der Waals surface area contributed by atoms with Crippen LogP contribution >= 0.6 is 15.9 Å². The Kier molecular flexibility index (Phi) is 4.29. The van der Waals surface area contributed by atoms with E-state index in [4.69, 9.17) is 13.9 Å². The third kappa shape index (κ3) is 3.47. The molecule has 5 heteroatoms. The molecule has 0 saturated heterocycles. The third-order valence-corrected chi connectivity index (χ3v) is 4.08. The monoisotopic (exact) mass is 350 g/mol. The fourth-order valence-electron chi connectivity index (χ4n) is 2.23. The maximum atomic E-state index is 11.9. The van der Waals surface area contributed by atoms with E-state index < -0.39 is 0 Å². The molecule has 0 N–H and O–H groups in total. The number of rotatable bonds is 6. The number of carbonyl (C=O) groups excluding carboxylic acids is 1. The predicted octanol–water partition coefficient (Wildman–Crippen LogP) is 3.77. The molecule has 2 aromatic rings. The van der Waals surface area contributed by atoms with Crippen LogP contribution in [0.1, 0.15) is 18.1 Å². The second kappa shape index (κ2) is 6.35. The first-order chi connectivity index (χ1) is 10.3. The Bertz CT molecular complexity index is 608. The molecule has 1 aromatic heterocycles. The van der Waals surface area contributed by atoms with Crippen molar-refractivity contribution in [3.8, 4) is 5.75 Å². The van der Waals surface area contributed by atoms with Gasteiger partial charge < -0.3 is 13.9 Å². The maximum Gasteiger partial charge on any atom is 0.309 e. The summed E-state index contributed by atoms with van der Waals surface area (Å²) in [5.74, 6) is 1.54. The summed E-state index contributed by atoms with van der Waals surface area (Å²) in [5, 5.41) is 0. The average molecular weight is 351 g/mol. The predicted molar refractivity (Wildman–Crippen MR) is 80.2 cm³/mol. The minimum Gasteiger partial charge on any atom is -0.489 e. The average Bonchev–Trinajstić information content (AvgIpc) is 3.11. The second-order valence-corrected chi connectivity index (χ2v) is 5.76. The van der Waals surface area contributed by atoms with Crippen molar-refractivity contribution < 1.29 is 18.7 Å². The van der Waals surface area contributed by atoms with Crippen molar-refractivity contribution in [2.45, 2.75) is 12.3 Å². The number of hydrogen-bond donors (Lipinski definition) is 0. The van der Waals surface area contributed by atoms with E-state index in [-0.39, 0.29) is 24.4 Å². The summed E-state index contributed by atoms with van der Waals surface area (Å²) in [4.78, 5) is 11.9. The van der Waals surface area contributed by atoms with Crippen LogP contribution in [0.3, 0.4) is 0 Å². The van der Waals surface area contributed by atoms with Crippen molar-refractivity contribution in [1.82, 2.24) is 0 Å². The first-order valence-electron chi connectivity index (χ1n) is 6.83. The lowest BCUT2D eigenvalue weighted by molar-refractivity contribution is -0.146. The molecule has 2 unspecified atom stereocenters. The summed E-state index contributed by atoms with van der Waals surface area (Å²) in [6, 6.07) is 11.3. The lowest BCUT2D eigenvalue weighted by Gasteiger charge is -2.08. The Morgan fingerprint density at radius 2 is 2.10 bits per heavy atom. The molecule has 1 saturated carbocycles. The molecule has 0 radical (unpaired) electrons. The van der Waals surface area contributed by atoms with E-state index in [0.717, 1.165) is 22.4 Å². The summed E-state index contributed by atoms with van der Waals surface area (Å²) in [6.07, 6.45) is 2.43. The molecule has 2 atom stereocenters. The van der Waals surface area contributed by atoms with Gasteiger partial charge in [0.25, 0.3) is 0 Å². The first-order valence-corrected chi connectivity index (χ1v) is 7.62. The highest BCUT2D eigenvalue weighted by Gasteiger charge is 2.47. The number of para-hydroxylation sites is 1. The van der Waals surface area contributed by atoms with E-state index in [1.54, 1.807) is 6.26 Å². The normalized spacial score (nSPS) is 20.0. The van der Waals surface area contributed by atoms with Crippen molar-refractivity contribution in [2.75, 3.05) is 13.2 Å². The SMILES string of the molecule is O=C(OCCOc1ccccc1Br)C1CC1c1ccco1. The molecule has 0 bridgehead atoms. The molecule has 110 valence electrons. The number of esters is 1. The van der Waals surface area contributed by atoms with Crippen LogP contribution < -0.4 is 4.74 Å². The van der Waals surface area contributed by atoms with Gasteiger partial charge >= 0.3 is 5.97 Å². The highest BCUT2D eigenvalue weighted by molar-refractivity contribution is 9.10. The molecule has 3 rings (SSSR count). The van der Waals surface area contributed by atoms with Crippen LogP contribution in [0.2, 0.25) is 0 Å². The zero-order valence-electron chi connectivity index (χ0n) is 11.3. The Hall–Kier alpha value is -1.75. The molecule has 0 spiro atoms. The van der Waals surface area contributed by atoms with Crippen LogP contribution in [0.15, 0.2) is 51.6 Å². The smallest absolute Gasteiger partial charge is 0.309 e. The second-order valence-electron chi connectivity index (χ2n) is 4.91. The molecular formula is C16H15BrO4. The minimum absolute atomic E-state index is 0.0698. The minimum atomic E-state index is -0.174. The lowest BCUT2D eigenvalue weighted by atomic mass is 10.2. The van der Waals surface area contributed by atoms with Crippen LogP contribution in [0, 0.1) is 5.92 Å². The third-order valence-electron chi connectivity index (χ3n) is 3.42. The summed E-state index contributed by atoms with van der Waals surface area (Å²) in [7, 11) is 0. The number of ether oxygens (including phenoxy) is 2. The molecule has 1 heterocycles. The molecule has 1 aliphatic rings. The van der Waals surface area contributed by atoms with Gasteiger partial charge in [0.15, 0.2) is 0 Å². The van der Waals surface area contributed by atoms with Crippen LogP contribution in [0.25, 0.3) is 0 Å². The van der Waals surface area contributed by atoms with Crippen molar-refractivity contribution in [3.05, 3.63) is 52.9 Å². The molecule has 4 nitrogen and oxygen atoms in total. The Balaban J connectivity index is 1.39. The maximum absolute atomic E-state index is 11.9. The van der Waals surface area contributed by atoms with Crippen LogP contribution in [-0.4, -0.2) is 19.2 Å². The van der Waals surface area contributed by atoms with Gasteiger partial charge in [-0.05, 0) is 46.6 Å². The van der Waals surface area contributed by atoms with E-state index in [9.17, 15) is 4.79 Å². The van der Waals surface area contributed by atoms with Gasteiger partial charge in [-0.15, -0.1) is 0 Å². The standard InChI is InChI=1S/C16H15BrO4/c17-13-4-1-2-5-15(13)20-8-9-21-16(18)12-10-11(12)14-6-3-7-19-14/h1-7,11-12H,8-10H2. The van der Waals surface area contributed by atoms with Crippen LogP contribution in [0.4, 0.5) is 0 Å². The number of furan rings is 1. The van der Waals surface area contributed by atoms with E-state index >= 15 is 0 Å². The highest BCUT2D eigenvalue weighted by atomic mass is 79.9. The molecule has 1 fully saturated rings. The van der Waals surface area contributed by atoms with E-state index in [2.05, 4.69) is 15.9 Å². The molecule has 1 aromatic carbocycles. The van der Waals surface area contributed by atoms with Gasteiger partial charge in [-0.1, -0.05) is 12.1 Å². The quantitative estimate of drug-likeness (QED) is 0.587. The molecule has 21 heavy (non-hydrogen) atoms. The Morgan fingerprint density at radius 3 is 2.86 bits per heavy atom. The molecule has 0 amide bonds. The number of hydrogen-bond acceptors (Lipinski definition) is 4. The van der Waals surface area contributed by atoms with Gasteiger partial charge in [-0.25, -0.2) is 0 Å². The van der Waals surface area contributed by atoms with Gasteiger partial charge in [0.2, 0.25) is 0 Å². The van der Waals surface area contributed by atoms with Gasteiger partial charge in [-0.3, -0.25) is 4.79 Å². The van der Waals surface area contributed by atoms with E-state index in [1.807, 2.05) is 36.4 Å². The van der Waals surface area contributed by atoms with Crippen molar-refractivity contribution >= 4 is 21.9 Å². The zero-order chi connectivity index (χ0) is 14.7. The summed E-state index contributed by atoms with van der Waals surface area (Å²) in [6.45, 7) is 0.591. The van der Waals surface area contributed by atoms with Gasteiger partial charge in [-0.2, -0.15) is 0 Å². The van der Waals surface area contributed by atoms with Crippen molar-refractivity contribution in [3.63, 3.8) is 0 Å². The summed E-state index contributed by atoms with van der Waals surface area (Å²) < 4.78 is 17.0. The summed E-state index contributed by atoms with van der Waals surface area (Å²) >= 11 is 3.40. The van der Waals surface area contributed by atoms with Crippen molar-refractivity contribution in [2.24, 2.45) is 5.92 Å². The van der Waals surface area contributed by atoms with Crippen LogP contribution in [0.5, 0.6) is 5.75 Å². The largest absolute Gasteiger partial charge is 0.489 e. The Labute approximate surface area is 131 Å². The van der Waals surface area contributed by atoms with E-state index in [0.29, 0.717) is 6.61 Å². The van der Waals surface area contributed by atoms with Gasteiger partial charge in [0.05, 0.1) is 16.7 Å². The summed E-state index contributed by atoms with van der Waals surface area (Å²) in [5.41, 5.74) is 0. The topological polar surface area (TPSA) is 48.7 Å². The number of halogens is 1. The van der Waals surface area contributed by atoms with Crippen LogP contribution in [-0.2, 0) is 9.53 Å². The Morgan fingerprint density at radius 1 is 1.24 bits per heavy atom. The fraction of sp³-hybridized carbons (Fsp3) is 0.312. The highest BCUT2D eigenvalue weighted by Crippen LogP contribution is 2.48. The van der Waals surface area contributed by atoms with Crippen molar-refractivity contribution in [1.29, 1.82) is 0 Å². The fourth-order valence-corrected chi connectivity index (χ4v) is 2.63. The molecule has 0 aliphatic heterocycles. The lowest BCUT2D eigenvalue weighted by Crippen LogP contribution is -2.14. The van der Waals surface area contributed by atoms with Gasteiger partial charge in [0, 0.05) is 5.92 Å². The van der Waals surface area contributed by atoms with E-state index in [1.165, 1.54) is 0 Å². The first kappa shape index (κ1) is 14.2.